The van der Waals surface area contributed by atoms with Crippen LogP contribution in [0.4, 0.5) is 0 Å². The van der Waals surface area contributed by atoms with Gasteiger partial charge in [-0.05, 0) is 62.4 Å². The summed E-state index contributed by atoms with van der Waals surface area (Å²) in [5.41, 5.74) is 3.12. The molecule has 188 valence electrons. The molecule has 11 heteroatoms. The Kier molecular flexibility index (Phi) is 9.43. The van der Waals surface area contributed by atoms with Crippen LogP contribution in [0.1, 0.15) is 43.9 Å². The summed E-state index contributed by atoms with van der Waals surface area (Å²) in [5.74, 6) is 0.614. The lowest BCUT2D eigenvalue weighted by atomic mass is 9.97. The second-order valence-corrected chi connectivity index (χ2v) is 10.0. The highest BCUT2D eigenvalue weighted by atomic mass is 32.2. The third kappa shape index (κ3) is 7.51. The number of H-pyrrole nitrogens is 1. The maximum atomic E-state index is 12.1. The van der Waals surface area contributed by atoms with Crippen molar-refractivity contribution >= 4 is 28.8 Å². The van der Waals surface area contributed by atoms with E-state index in [9.17, 15) is 20.0 Å². The zero-order chi connectivity index (χ0) is 24.7. The molecule has 2 aromatic rings. The molecule has 0 bridgehead atoms. The molecule has 0 aliphatic heterocycles. The van der Waals surface area contributed by atoms with Crippen molar-refractivity contribution in [2.45, 2.75) is 63.9 Å². The molecule has 10 nitrogen and oxygen atoms in total. The van der Waals surface area contributed by atoms with Crippen LogP contribution in [0, 0.1) is 24.0 Å². The number of rotatable bonds is 12. The molecule has 1 fully saturated rings. The van der Waals surface area contributed by atoms with E-state index < -0.39 is 17.3 Å². The SMILES string of the molecule is CC(=O)N(CCNCC(O)COc1cc(C)cc2[nH]c(C)cc12)SC1CCCCC1O[N+](=O)[O-]. The summed E-state index contributed by atoms with van der Waals surface area (Å²) >= 11 is 1.32. The molecule has 0 radical (unpaired) electrons. The average molecular weight is 495 g/mol. The van der Waals surface area contributed by atoms with Crippen molar-refractivity contribution in [3.63, 3.8) is 0 Å². The summed E-state index contributed by atoms with van der Waals surface area (Å²) in [4.78, 5) is 31.0. The molecule has 1 aromatic heterocycles. The van der Waals surface area contributed by atoms with E-state index in [0.717, 1.165) is 47.2 Å². The Labute approximate surface area is 203 Å². The summed E-state index contributed by atoms with van der Waals surface area (Å²) in [5, 5.41) is 24.4. The van der Waals surface area contributed by atoms with Gasteiger partial charge in [0, 0.05) is 43.2 Å². The quantitative estimate of drug-likeness (QED) is 0.178. The minimum atomic E-state index is -0.744. The number of hydrogen-bond donors (Lipinski definition) is 3. The zero-order valence-electron chi connectivity index (χ0n) is 19.9. The predicted octanol–water partition coefficient (Wildman–Crippen LogP) is 3.13. The molecule has 0 saturated heterocycles. The van der Waals surface area contributed by atoms with Crippen LogP contribution in [-0.2, 0) is 9.63 Å². The highest BCUT2D eigenvalue weighted by molar-refractivity contribution is 7.98. The van der Waals surface area contributed by atoms with Crippen molar-refractivity contribution < 1.29 is 24.6 Å². The van der Waals surface area contributed by atoms with Crippen molar-refractivity contribution in [3.05, 3.63) is 39.6 Å². The Morgan fingerprint density at radius 3 is 2.85 bits per heavy atom. The second-order valence-electron chi connectivity index (χ2n) is 8.76. The zero-order valence-corrected chi connectivity index (χ0v) is 20.7. The number of amides is 1. The second kappa shape index (κ2) is 12.3. The van der Waals surface area contributed by atoms with Crippen LogP contribution in [0.3, 0.4) is 0 Å². The summed E-state index contributed by atoms with van der Waals surface area (Å²) < 4.78 is 7.50. The molecule has 3 N–H and O–H groups in total. The number of fused-ring (bicyclic) bond motifs is 1. The van der Waals surface area contributed by atoms with Gasteiger partial charge < -0.3 is 25.0 Å². The van der Waals surface area contributed by atoms with Gasteiger partial charge >= 0.3 is 0 Å². The molecular formula is C23H34N4O6S. The summed E-state index contributed by atoms with van der Waals surface area (Å²) in [6, 6.07) is 6.04. The average Bonchev–Trinajstić information content (AvgIpc) is 3.14. The van der Waals surface area contributed by atoms with Crippen molar-refractivity contribution in [1.82, 2.24) is 14.6 Å². The molecule has 34 heavy (non-hydrogen) atoms. The molecule has 3 rings (SSSR count). The molecule has 1 amide bonds. The van der Waals surface area contributed by atoms with E-state index in [0.29, 0.717) is 26.1 Å². The van der Waals surface area contributed by atoms with Crippen LogP contribution in [-0.4, -0.2) is 69.1 Å². The minimum Gasteiger partial charge on any atom is -0.490 e. The minimum absolute atomic E-state index is 0.119. The van der Waals surface area contributed by atoms with E-state index in [1.807, 2.05) is 26.0 Å². The Morgan fingerprint density at radius 1 is 1.35 bits per heavy atom. The monoisotopic (exact) mass is 494 g/mol. The molecule has 1 aliphatic rings. The Morgan fingerprint density at radius 2 is 2.12 bits per heavy atom. The van der Waals surface area contributed by atoms with E-state index in [-0.39, 0.29) is 17.8 Å². The van der Waals surface area contributed by atoms with Gasteiger partial charge in [-0.25, -0.2) is 0 Å². The van der Waals surface area contributed by atoms with Gasteiger partial charge in [0.25, 0.3) is 5.09 Å². The molecule has 1 aliphatic carbocycles. The molecule has 1 saturated carbocycles. The van der Waals surface area contributed by atoms with E-state index >= 15 is 0 Å². The van der Waals surface area contributed by atoms with Crippen LogP contribution < -0.4 is 10.1 Å². The number of carbonyl (C=O) groups is 1. The predicted molar refractivity (Wildman–Crippen MR) is 131 cm³/mol. The van der Waals surface area contributed by atoms with Crippen LogP contribution in [0.5, 0.6) is 5.75 Å². The van der Waals surface area contributed by atoms with Crippen molar-refractivity contribution in [1.29, 1.82) is 0 Å². The Balaban J connectivity index is 1.43. The van der Waals surface area contributed by atoms with Crippen LogP contribution in [0.15, 0.2) is 18.2 Å². The van der Waals surface area contributed by atoms with Gasteiger partial charge in [-0.1, -0.05) is 12.8 Å². The number of ether oxygens (including phenoxy) is 1. The number of aromatic nitrogens is 1. The number of carbonyl (C=O) groups excluding carboxylic acids is 1. The first-order valence-corrected chi connectivity index (χ1v) is 12.4. The van der Waals surface area contributed by atoms with E-state index in [2.05, 4.69) is 16.4 Å². The van der Waals surface area contributed by atoms with Gasteiger partial charge in [-0.2, -0.15) is 0 Å². The number of nitrogens with one attached hydrogen (secondary N) is 2. The van der Waals surface area contributed by atoms with Gasteiger partial charge in [0.05, 0.1) is 5.25 Å². The van der Waals surface area contributed by atoms with Gasteiger partial charge in [0.15, 0.2) is 0 Å². The molecule has 3 unspecified atom stereocenters. The molecule has 1 heterocycles. The molecule has 1 aromatic carbocycles. The lowest BCUT2D eigenvalue weighted by molar-refractivity contribution is -0.768. The fourth-order valence-electron chi connectivity index (χ4n) is 4.16. The highest BCUT2D eigenvalue weighted by Crippen LogP contribution is 2.33. The van der Waals surface area contributed by atoms with Crippen LogP contribution in [0.2, 0.25) is 0 Å². The normalized spacial score (nSPS) is 19.1. The third-order valence-electron chi connectivity index (χ3n) is 5.76. The summed E-state index contributed by atoms with van der Waals surface area (Å²) in [6.07, 6.45) is 2.01. The fourth-order valence-corrected chi connectivity index (χ4v) is 5.42. The number of aryl methyl sites for hydroxylation is 2. The number of hydrogen-bond acceptors (Lipinski definition) is 8. The maximum absolute atomic E-state index is 12.1. The van der Waals surface area contributed by atoms with Crippen LogP contribution >= 0.6 is 11.9 Å². The van der Waals surface area contributed by atoms with Gasteiger partial charge in [0.1, 0.15) is 24.6 Å². The number of benzene rings is 1. The van der Waals surface area contributed by atoms with E-state index in [1.165, 1.54) is 18.9 Å². The van der Waals surface area contributed by atoms with Crippen molar-refractivity contribution in [2.24, 2.45) is 0 Å². The van der Waals surface area contributed by atoms with Gasteiger partial charge in [-0.15, -0.1) is 10.1 Å². The fraction of sp³-hybridized carbons (Fsp3) is 0.609. The number of aromatic amines is 1. The smallest absolute Gasteiger partial charge is 0.294 e. The third-order valence-corrected chi connectivity index (χ3v) is 7.26. The number of aliphatic hydroxyl groups excluding tert-OH is 1. The topological polar surface area (TPSA) is 130 Å². The molecule has 0 spiro atoms. The lowest BCUT2D eigenvalue weighted by Crippen LogP contribution is -2.39. The summed E-state index contributed by atoms with van der Waals surface area (Å²) in [7, 11) is 0. The first-order valence-electron chi connectivity index (χ1n) is 11.6. The Hall–Kier alpha value is -2.50. The van der Waals surface area contributed by atoms with Gasteiger partial charge in [0.2, 0.25) is 5.91 Å². The van der Waals surface area contributed by atoms with E-state index in [1.54, 1.807) is 4.31 Å². The standard InChI is InChI=1S/C23H34N4O6S/c1-15-10-20-19(12-16(2)25-20)22(11-15)32-14-18(29)13-24-8-9-26(17(3)28)34-23-7-5-4-6-21(23)33-27(30)31/h10-12,18,21,23-25,29H,4-9,13-14H2,1-3H3. The Bertz CT molecular complexity index is 984. The lowest BCUT2D eigenvalue weighted by Gasteiger charge is -2.32. The van der Waals surface area contributed by atoms with Crippen molar-refractivity contribution in [3.8, 4) is 5.75 Å². The first kappa shape index (κ1) is 26.1. The van der Waals surface area contributed by atoms with Gasteiger partial charge in [-0.3, -0.25) is 9.10 Å². The van der Waals surface area contributed by atoms with Crippen molar-refractivity contribution in [2.75, 3.05) is 26.2 Å². The first-order chi connectivity index (χ1) is 16.2. The maximum Gasteiger partial charge on any atom is 0.294 e. The molecular weight excluding hydrogens is 460 g/mol. The van der Waals surface area contributed by atoms with E-state index in [4.69, 9.17) is 9.57 Å². The molecule has 3 atom stereocenters. The number of aliphatic hydroxyl groups is 1. The highest BCUT2D eigenvalue weighted by Gasteiger charge is 2.31. The largest absolute Gasteiger partial charge is 0.490 e. The van der Waals surface area contributed by atoms with Crippen LogP contribution in [0.25, 0.3) is 10.9 Å². The summed E-state index contributed by atoms with van der Waals surface area (Å²) in [6.45, 7) is 6.81. The number of nitrogens with zero attached hydrogens (tertiary/aromatic N) is 2.